The first kappa shape index (κ1) is 27.8. The van der Waals surface area contributed by atoms with Gasteiger partial charge >= 0.3 is 5.97 Å². The minimum Gasteiger partial charge on any atom is -0.497 e. The second kappa shape index (κ2) is 12.2. The number of hydrogen-bond donors (Lipinski definition) is 2. The van der Waals surface area contributed by atoms with E-state index < -0.39 is 11.9 Å². The van der Waals surface area contributed by atoms with E-state index in [-0.39, 0.29) is 11.4 Å². The third kappa shape index (κ3) is 6.04. The van der Waals surface area contributed by atoms with E-state index in [1.165, 1.54) is 20.4 Å². The van der Waals surface area contributed by atoms with Crippen molar-refractivity contribution >= 4 is 52.2 Å². The summed E-state index contributed by atoms with van der Waals surface area (Å²) in [5.74, 6) is 0.0343. The molecule has 0 atom stereocenters. The number of rotatable bonds is 8. The van der Waals surface area contributed by atoms with Crippen LogP contribution >= 0.6 is 23.2 Å². The van der Waals surface area contributed by atoms with E-state index in [0.717, 1.165) is 5.56 Å². The zero-order valence-electron chi connectivity index (χ0n) is 21.9. The van der Waals surface area contributed by atoms with Gasteiger partial charge in [-0.25, -0.2) is 10.2 Å². The Labute approximate surface area is 245 Å². The zero-order valence-corrected chi connectivity index (χ0v) is 23.4. The van der Waals surface area contributed by atoms with Crippen molar-refractivity contribution in [3.8, 4) is 28.4 Å². The van der Waals surface area contributed by atoms with Gasteiger partial charge in [0.2, 0.25) is 0 Å². The van der Waals surface area contributed by atoms with Gasteiger partial charge in [0.25, 0.3) is 5.91 Å². The first-order valence-corrected chi connectivity index (χ1v) is 13.1. The number of ether oxygens (including phenoxy) is 3. The van der Waals surface area contributed by atoms with Crippen LogP contribution in [0.4, 0.5) is 0 Å². The molecule has 5 rings (SSSR count). The molecule has 8 nitrogen and oxygen atoms in total. The van der Waals surface area contributed by atoms with Gasteiger partial charge in [0, 0.05) is 16.0 Å². The van der Waals surface area contributed by atoms with Crippen LogP contribution in [0, 0.1) is 0 Å². The molecule has 1 aromatic heterocycles. The molecule has 0 aliphatic rings. The molecule has 0 unspecified atom stereocenters. The standard InChI is InChI=1S/C31H23Cl2N3O5/c1-39-22-10-6-9-20(14-22)31(38)41-25-12-11-18(13-26(25)40-2)17-34-36-30(37)29-27(19-7-4-3-5-8-19)23-15-21(32)16-24(33)28(23)35-29/h3-17,35H,1-2H3,(H,36,37). The van der Waals surface area contributed by atoms with Crippen molar-refractivity contribution in [1.29, 1.82) is 0 Å². The number of carbonyl (C=O) groups is 2. The number of aromatic nitrogens is 1. The Balaban J connectivity index is 1.36. The van der Waals surface area contributed by atoms with Gasteiger partial charge in [0.05, 0.1) is 36.5 Å². The molecule has 5 aromatic rings. The van der Waals surface area contributed by atoms with Gasteiger partial charge in [0.15, 0.2) is 11.5 Å². The van der Waals surface area contributed by atoms with Crippen LogP contribution in [0.3, 0.4) is 0 Å². The highest BCUT2D eigenvalue weighted by Gasteiger charge is 2.21. The molecule has 4 aromatic carbocycles. The fraction of sp³-hybridized carbons (Fsp3) is 0.0645. The third-order valence-corrected chi connectivity index (χ3v) is 6.71. The number of aromatic amines is 1. The molecule has 0 saturated heterocycles. The summed E-state index contributed by atoms with van der Waals surface area (Å²) in [6.07, 6.45) is 1.45. The van der Waals surface area contributed by atoms with Crippen LogP contribution in [0.5, 0.6) is 17.2 Å². The minimum absolute atomic E-state index is 0.225. The van der Waals surface area contributed by atoms with E-state index in [2.05, 4.69) is 15.5 Å². The van der Waals surface area contributed by atoms with Gasteiger partial charge < -0.3 is 19.2 Å². The number of carbonyl (C=O) groups excluding carboxylic acids is 2. The zero-order chi connectivity index (χ0) is 28.9. The number of benzene rings is 4. The molecule has 0 aliphatic carbocycles. The predicted molar refractivity (Wildman–Crippen MR) is 160 cm³/mol. The van der Waals surface area contributed by atoms with Crippen molar-refractivity contribution in [3.05, 3.63) is 112 Å². The molecule has 0 fully saturated rings. The predicted octanol–water partition coefficient (Wildman–Crippen LogP) is 7.14. The summed E-state index contributed by atoms with van der Waals surface area (Å²) in [7, 11) is 2.98. The lowest BCUT2D eigenvalue weighted by molar-refractivity contribution is 0.0729. The van der Waals surface area contributed by atoms with Gasteiger partial charge in [-0.15, -0.1) is 0 Å². The number of methoxy groups -OCH3 is 2. The molecule has 41 heavy (non-hydrogen) atoms. The first-order valence-electron chi connectivity index (χ1n) is 12.3. The Kier molecular flexibility index (Phi) is 8.24. The van der Waals surface area contributed by atoms with E-state index in [1.807, 2.05) is 30.3 Å². The molecule has 0 saturated carbocycles. The smallest absolute Gasteiger partial charge is 0.343 e. The van der Waals surface area contributed by atoms with E-state index in [1.54, 1.807) is 54.6 Å². The molecular weight excluding hydrogens is 565 g/mol. The van der Waals surface area contributed by atoms with Gasteiger partial charge in [-0.1, -0.05) is 59.6 Å². The van der Waals surface area contributed by atoms with Gasteiger partial charge in [-0.3, -0.25) is 4.79 Å². The number of esters is 1. The SMILES string of the molecule is COc1cccc(C(=O)Oc2ccc(C=NNC(=O)c3[nH]c4c(Cl)cc(Cl)cc4c3-c3ccccc3)cc2OC)c1. The number of H-pyrrole nitrogens is 1. The summed E-state index contributed by atoms with van der Waals surface area (Å²) in [5, 5.41) is 5.68. The molecule has 0 radical (unpaired) electrons. The number of nitrogens with zero attached hydrogens (tertiary/aromatic N) is 1. The molecule has 1 amide bonds. The highest BCUT2D eigenvalue weighted by atomic mass is 35.5. The van der Waals surface area contributed by atoms with Crippen molar-refractivity contribution in [2.45, 2.75) is 0 Å². The topological polar surface area (TPSA) is 102 Å². The van der Waals surface area contributed by atoms with Crippen LogP contribution in [0.25, 0.3) is 22.0 Å². The molecule has 2 N–H and O–H groups in total. The second-order valence-electron chi connectivity index (χ2n) is 8.78. The first-order chi connectivity index (χ1) is 19.9. The average molecular weight is 588 g/mol. The number of halogens is 2. The van der Waals surface area contributed by atoms with E-state index in [4.69, 9.17) is 37.4 Å². The lowest BCUT2D eigenvalue weighted by Crippen LogP contribution is -2.18. The maximum atomic E-state index is 13.3. The number of amides is 1. The van der Waals surface area contributed by atoms with Gasteiger partial charge in [0.1, 0.15) is 11.4 Å². The second-order valence-corrected chi connectivity index (χ2v) is 9.63. The largest absolute Gasteiger partial charge is 0.497 e. The molecule has 10 heteroatoms. The Morgan fingerprint density at radius 2 is 1.68 bits per heavy atom. The fourth-order valence-corrected chi connectivity index (χ4v) is 4.81. The Morgan fingerprint density at radius 1 is 0.878 bits per heavy atom. The van der Waals surface area contributed by atoms with Crippen molar-refractivity contribution < 1.29 is 23.8 Å². The molecule has 1 heterocycles. The monoisotopic (exact) mass is 587 g/mol. The minimum atomic E-state index is -0.565. The van der Waals surface area contributed by atoms with Gasteiger partial charge in [-0.05, 0) is 59.7 Å². The molecule has 0 spiro atoms. The number of nitrogens with one attached hydrogen (secondary N) is 2. The maximum Gasteiger partial charge on any atom is 0.343 e. The molecule has 0 bridgehead atoms. The summed E-state index contributed by atoms with van der Waals surface area (Å²) in [6.45, 7) is 0. The van der Waals surface area contributed by atoms with Crippen LogP contribution in [0.15, 0.2) is 90.0 Å². The Hall–Kier alpha value is -4.79. The third-order valence-electron chi connectivity index (χ3n) is 6.19. The Morgan fingerprint density at radius 3 is 2.44 bits per heavy atom. The lowest BCUT2D eigenvalue weighted by Gasteiger charge is -2.10. The lowest BCUT2D eigenvalue weighted by atomic mass is 10.0. The maximum absolute atomic E-state index is 13.3. The van der Waals surface area contributed by atoms with Gasteiger partial charge in [-0.2, -0.15) is 5.10 Å². The number of fused-ring (bicyclic) bond motifs is 1. The summed E-state index contributed by atoms with van der Waals surface area (Å²) < 4.78 is 16.1. The van der Waals surface area contributed by atoms with Crippen LogP contribution < -0.4 is 19.6 Å². The number of hydrazone groups is 1. The van der Waals surface area contributed by atoms with Crippen molar-refractivity contribution in [2.75, 3.05) is 14.2 Å². The normalized spacial score (nSPS) is 11.0. The van der Waals surface area contributed by atoms with Crippen LogP contribution in [0.1, 0.15) is 26.4 Å². The number of hydrogen-bond acceptors (Lipinski definition) is 6. The van der Waals surface area contributed by atoms with Crippen LogP contribution in [-0.2, 0) is 0 Å². The summed E-state index contributed by atoms with van der Waals surface area (Å²) in [4.78, 5) is 29.0. The van der Waals surface area contributed by atoms with Crippen LogP contribution in [0.2, 0.25) is 10.0 Å². The van der Waals surface area contributed by atoms with E-state index in [0.29, 0.717) is 49.1 Å². The Bertz CT molecular complexity index is 1780. The molecular formula is C31H23Cl2N3O5. The van der Waals surface area contributed by atoms with E-state index >= 15 is 0 Å². The van der Waals surface area contributed by atoms with E-state index in [9.17, 15) is 9.59 Å². The fourth-order valence-electron chi connectivity index (χ4n) is 4.27. The summed E-state index contributed by atoms with van der Waals surface area (Å²) in [5.41, 5.74) is 5.82. The molecule has 0 aliphatic heterocycles. The summed E-state index contributed by atoms with van der Waals surface area (Å²) >= 11 is 12.7. The van der Waals surface area contributed by atoms with Crippen LogP contribution in [-0.4, -0.2) is 37.3 Å². The summed E-state index contributed by atoms with van der Waals surface area (Å²) in [6, 6.07) is 24.3. The van der Waals surface area contributed by atoms with Crippen molar-refractivity contribution in [1.82, 2.24) is 10.4 Å². The highest BCUT2D eigenvalue weighted by Crippen LogP contribution is 2.37. The highest BCUT2D eigenvalue weighted by molar-refractivity contribution is 6.39. The average Bonchev–Trinajstić information content (AvgIpc) is 3.38. The van der Waals surface area contributed by atoms with Crippen molar-refractivity contribution in [3.63, 3.8) is 0 Å². The molecule has 206 valence electrons. The van der Waals surface area contributed by atoms with Crippen molar-refractivity contribution in [2.24, 2.45) is 5.10 Å². The quantitative estimate of drug-likeness (QED) is 0.0869.